The standard InChI is InChI=1S/C31H25N5O2/c1-3-38-31(37)22-12-10-21(11-13-22)29-25-6-4-5-7-26(25)30(35-34-29)33-23-14-17-28-27(18-23)32-19-36(28)24-15-8-20(2)9-16-24/h4-19H,3H2,1-2H3,(H,33,35). The van der Waals surface area contributed by atoms with E-state index in [2.05, 4.69) is 62.3 Å². The first kappa shape index (κ1) is 23.4. The van der Waals surface area contributed by atoms with Gasteiger partial charge >= 0.3 is 5.97 Å². The Morgan fingerprint density at radius 1 is 0.895 bits per heavy atom. The second-order valence-corrected chi connectivity index (χ2v) is 9.02. The lowest BCUT2D eigenvalue weighted by Crippen LogP contribution is -2.04. The van der Waals surface area contributed by atoms with E-state index in [0.29, 0.717) is 18.0 Å². The van der Waals surface area contributed by atoms with Crippen molar-refractivity contribution in [2.45, 2.75) is 13.8 Å². The van der Waals surface area contributed by atoms with Crippen LogP contribution >= 0.6 is 0 Å². The molecule has 0 radical (unpaired) electrons. The summed E-state index contributed by atoms with van der Waals surface area (Å²) in [6, 6.07) is 29.7. The number of nitrogens with one attached hydrogen (secondary N) is 1. The molecular weight excluding hydrogens is 474 g/mol. The fraction of sp³-hybridized carbons (Fsp3) is 0.0968. The van der Waals surface area contributed by atoms with Crippen LogP contribution in [0.15, 0.2) is 97.3 Å². The van der Waals surface area contributed by atoms with Crippen LogP contribution in [0.25, 0.3) is 38.8 Å². The van der Waals surface area contributed by atoms with Gasteiger partial charge in [0.1, 0.15) is 12.0 Å². The summed E-state index contributed by atoms with van der Waals surface area (Å²) in [5.74, 6) is 0.319. The zero-order chi connectivity index (χ0) is 26.1. The van der Waals surface area contributed by atoms with E-state index >= 15 is 0 Å². The van der Waals surface area contributed by atoms with Crippen LogP contribution in [0.4, 0.5) is 11.5 Å². The summed E-state index contributed by atoms with van der Waals surface area (Å²) in [6.07, 6.45) is 1.84. The molecule has 0 amide bonds. The summed E-state index contributed by atoms with van der Waals surface area (Å²) in [6.45, 7) is 4.21. The number of hydrogen-bond acceptors (Lipinski definition) is 6. The minimum atomic E-state index is -0.338. The molecule has 6 aromatic rings. The molecule has 0 atom stereocenters. The molecule has 2 aromatic heterocycles. The van der Waals surface area contributed by atoms with Gasteiger partial charge in [0.15, 0.2) is 5.82 Å². The Morgan fingerprint density at radius 3 is 2.42 bits per heavy atom. The van der Waals surface area contributed by atoms with Gasteiger partial charge in [-0.15, -0.1) is 10.2 Å². The van der Waals surface area contributed by atoms with Gasteiger partial charge in [-0.1, -0.05) is 54.1 Å². The summed E-state index contributed by atoms with van der Waals surface area (Å²) in [4.78, 5) is 16.6. The van der Waals surface area contributed by atoms with Gasteiger partial charge in [-0.2, -0.15) is 0 Å². The third-order valence-electron chi connectivity index (χ3n) is 6.48. The molecule has 0 saturated carbocycles. The Kier molecular flexibility index (Phi) is 6.01. The SMILES string of the molecule is CCOC(=O)c1ccc(-c2nnc(Nc3ccc4c(c3)ncn4-c3ccc(C)cc3)c3ccccc23)cc1. The van der Waals surface area contributed by atoms with Crippen molar-refractivity contribution < 1.29 is 9.53 Å². The van der Waals surface area contributed by atoms with Crippen LogP contribution in [0.2, 0.25) is 0 Å². The molecule has 0 spiro atoms. The van der Waals surface area contributed by atoms with Gasteiger partial charge in [-0.05, 0) is 56.3 Å². The van der Waals surface area contributed by atoms with Crippen molar-refractivity contribution in [3.63, 3.8) is 0 Å². The second-order valence-electron chi connectivity index (χ2n) is 9.02. The van der Waals surface area contributed by atoms with Crippen molar-refractivity contribution in [3.8, 4) is 16.9 Å². The highest BCUT2D eigenvalue weighted by Crippen LogP contribution is 2.32. The number of ether oxygens (including phenoxy) is 1. The third-order valence-corrected chi connectivity index (χ3v) is 6.48. The summed E-state index contributed by atoms with van der Waals surface area (Å²) >= 11 is 0. The van der Waals surface area contributed by atoms with Crippen molar-refractivity contribution in [2.75, 3.05) is 11.9 Å². The molecule has 0 aliphatic carbocycles. The summed E-state index contributed by atoms with van der Waals surface area (Å²) in [5.41, 5.74) is 7.19. The predicted octanol–water partition coefficient (Wildman–Crippen LogP) is 6.86. The van der Waals surface area contributed by atoms with E-state index in [1.807, 2.05) is 54.9 Å². The van der Waals surface area contributed by atoms with E-state index in [-0.39, 0.29) is 5.97 Å². The number of imidazole rings is 1. The number of rotatable bonds is 6. The molecule has 2 heterocycles. The molecule has 7 heteroatoms. The lowest BCUT2D eigenvalue weighted by molar-refractivity contribution is 0.0526. The number of nitrogens with zero attached hydrogens (tertiary/aromatic N) is 4. The van der Waals surface area contributed by atoms with Crippen molar-refractivity contribution in [2.24, 2.45) is 0 Å². The number of carbonyl (C=O) groups excluding carboxylic acids is 1. The fourth-order valence-corrected chi connectivity index (χ4v) is 4.53. The van der Waals surface area contributed by atoms with Crippen molar-refractivity contribution >= 4 is 39.3 Å². The van der Waals surface area contributed by atoms with Crippen LogP contribution < -0.4 is 5.32 Å². The van der Waals surface area contributed by atoms with E-state index in [1.165, 1.54) is 5.56 Å². The molecule has 4 aromatic carbocycles. The highest BCUT2D eigenvalue weighted by molar-refractivity contribution is 6.01. The first-order valence-corrected chi connectivity index (χ1v) is 12.4. The number of benzene rings is 4. The number of esters is 1. The van der Waals surface area contributed by atoms with Gasteiger partial charge in [-0.25, -0.2) is 9.78 Å². The van der Waals surface area contributed by atoms with E-state index in [1.54, 1.807) is 19.1 Å². The number of hydrogen-bond donors (Lipinski definition) is 1. The minimum absolute atomic E-state index is 0.338. The van der Waals surface area contributed by atoms with Crippen LogP contribution in [0.1, 0.15) is 22.8 Å². The van der Waals surface area contributed by atoms with E-state index < -0.39 is 0 Å². The molecule has 0 saturated heterocycles. The average Bonchev–Trinajstić information content (AvgIpc) is 3.37. The Balaban J connectivity index is 1.32. The van der Waals surface area contributed by atoms with Gasteiger partial charge in [0.25, 0.3) is 0 Å². The number of anilines is 2. The molecule has 7 nitrogen and oxygen atoms in total. The summed E-state index contributed by atoms with van der Waals surface area (Å²) in [5, 5.41) is 14.4. The maximum absolute atomic E-state index is 12.0. The first-order chi connectivity index (χ1) is 18.6. The van der Waals surface area contributed by atoms with E-state index in [4.69, 9.17) is 4.74 Å². The Hall–Kier alpha value is -5.04. The molecule has 186 valence electrons. The molecule has 0 bridgehead atoms. The number of carbonyl (C=O) groups is 1. The minimum Gasteiger partial charge on any atom is -0.462 e. The van der Waals surface area contributed by atoms with Gasteiger partial charge in [-0.3, -0.25) is 4.57 Å². The molecule has 38 heavy (non-hydrogen) atoms. The number of aryl methyl sites for hydroxylation is 1. The Labute approximate surface area is 219 Å². The molecule has 0 aliphatic heterocycles. The zero-order valence-electron chi connectivity index (χ0n) is 21.1. The highest BCUT2D eigenvalue weighted by Gasteiger charge is 2.13. The number of fused-ring (bicyclic) bond motifs is 2. The number of aromatic nitrogens is 4. The second kappa shape index (κ2) is 9.78. The van der Waals surface area contributed by atoms with Gasteiger partial charge in [0, 0.05) is 27.7 Å². The molecule has 6 rings (SSSR count). The van der Waals surface area contributed by atoms with Crippen LogP contribution in [0.3, 0.4) is 0 Å². The monoisotopic (exact) mass is 499 g/mol. The molecular formula is C31H25N5O2. The summed E-state index contributed by atoms with van der Waals surface area (Å²) in [7, 11) is 0. The van der Waals surface area contributed by atoms with E-state index in [9.17, 15) is 4.79 Å². The first-order valence-electron chi connectivity index (χ1n) is 12.4. The van der Waals surface area contributed by atoms with Crippen molar-refractivity contribution in [1.82, 2.24) is 19.7 Å². The smallest absolute Gasteiger partial charge is 0.338 e. The quantitative estimate of drug-likeness (QED) is 0.252. The highest BCUT2D eigenvalue weighted by atomic mass is 16.5. The lowest BCUT2D eigenvalue weighted by Gasteiger charge is -2.12. The van der Waals surface area contributed by atoms with Crippen LogP contribution in [0.5, 0.6) is 0 Å². The third kappa shape index (κ3) is 4.35. The lowest BCUT2D eigenvalue weighted by atomic mass is 10.0. The van der Waals surface area contributed by atoms with Crippen molar-refractivity contribution in [3.05, 3.63) is 108 Å². The van der Waals surface area contributed by atoms with Gasteiger partial charge in [0.05, 0.1) is 23.2 Å². The van der Waals surface area contributed by atoms with Crippen LogP contribution in [-0.2, 0) is 4.74 Å². The van der Waals surface area contributed by atoms with E-state index in [0.717, 1.165) is 44.4 Å². The predicted molar refractivity (Wildman–Crippen MR) is 150 cm³/mol. The molecule has 1 N–H and O–H groups in total. The van der Waals surface area contributed by atoms with Gasteiger partial charge in [0.2, 0.25) is 0 Å². The zero-order valence-corrected chi connectivity index (χ0v) is 21.1. The topological polar surface area (TPSA) is 81.9 Å². The van der Waals surface area contributed by atoms with Gasteiger partial charge < -0.3 is 10.1 Å². The van der Waals surface area contributed by atoms with Crippen LogP contribution in [0, 0.1) is 6.92 Å². The fourth-order valence-electron chi connectivity index (χ4n) is 4.53. The maximum atomic E-state index is 12.0. The normalized spacial score (nSPS) is 11.1. The molecule has 0 aliphatic rings. The summed E-state index contributed by atoms with van der Waals surface area (Å²) < 4.78 is 7.17. The average molecular weight is 500 g/mol. The largest absolute Gasteiger partial charge is 0.462 e. The maximum Gasteiger partial charge on any atom is 0.338 e. The molecule has 0 unspecified atom stereocenters. The Morgan fingerprint density at radius 2 is 1.66 bits per heavy atom. The van der Waals surface area contributed by atoms with Crippen LogP contribution in [-0.4, -0.2) is 32.3 Å². The molecule has 0 fully saturated rings. The Bertz CT molecular complexity index is 1770. The van der Waals surface area contributed by atoms with Crippen molar-refractivity contribution in [1.29, 1.82) is 0 Å².